The summed E-state index contributed by atoms with van der Waals surface area (Å²) in [6.45, 7) is 20.2. The molecular formula is C21H34O6. The highest BCUT2D eigenvalue weighted by Gasteiger charge is 2.47. The molecule has 27 heavy (non-hydrogen) atoms. The highest BCUT2D eigenvalue weighted by atomic mass is 16.6. The van der Waals surface area contributed by atoms with E-state index in [2.05, 4.69) is 33.9 Å². The zero-order valence-corrected chi connectivity index (χ0v) is 17.7. The summed E-state index contributed by atoms with van der Waals surface area (Å²) in [6.07, 6.45) is 1.67. The first-order chi connectivity index (χ1) is 12.2. The van der Waals surface area contributed by atoms with Crippen molar-refractivity contribution < 1.29 is 28.6 Å². The van der Waals surface area contributed by atoms with Crippen molar-refractivity contribution in [3.8, 4) is 0 Å². The molecule has 6 heteroatoms. The van der Waals surface area contributed by atoms with Crippen LogP contribution >= 0.6 is 0 Å². The highest BCUT2D eigenvalue weighted by molar-refractivity contribution is 5.82. The molecule has 0 N–H and O–H groups in total. The third kappa shape index (κ3) is 8.41. The van der Waals surface area contributed by atoms with Gasteiger partial charge in [-0.05, 0) is 24.2 Å². The van der Waals surface area contributed by atoms with Crippen molar-refractivity contribution >= 4 is 17.9 Å². The van der Waals surface area contributed by atoms with Crippen LogP contribution in [0.2, 0.25) is 0 Å². The third-order valence-electron chi connectivity index (χ3n) is 4.42. The molecule has 0 saturated heterocycles. The van der Waals surface area contributed by atoms with E-state index in [0.717, 1.165) is 12.2 Å². The van der Waals surface area contributed by atoms with Gasteiger partial charge in [0.1, 0.15) is 13.2 Å². The van der Waals surface area contributed by atoms with E-state index in [1.165, 1.54) is 0 Å². The summed E-state index contributed by atoms with van der Waals surface area (Å²) in [4.78, 5) is 35.7. The van der Waals surface area contributed by atoms with Crippen molar-refractivity contribution in [2.24, 2.45) is 16.2 Å². The Labute approximate surface area is 162 Å². The largest absolute Gasteiger partial charge is 0.461 e. The zero-order valence-electron chi connectivity index (χ0n) is 17.7. The second-order valence-electron chi connectivity index (χ2n) is 9.02. The fourth-order valence-electron chi connectivity index (χ4n) is 2.59. The van der Waals surface area contributed by atoms with E-state index in [1.807, 2.05) is 27.7 Å². The molecule has 0 rings (SSSR count). The van der Waals surface area contributed by atoms with Gasteiger partial charge in [-0.1, -0.05) is 54.7 Å². The minimum atomic E-state index is -0.929. The highest BCUT2D eigenvalue weighted by Crippen LogP contribution is 2.47. The molecule has 0 aliphatic carbocycles. The Morgan fingerprint density at radius 1 is 0.852 bits per heavy atom. The average molecular weight is 382 g/mol. The summed E-state index contributed by atoms with van der Waals surface area (Å²) >= 11 is 0. The predicted molar refractivity (Wildman–Crippen MR) is 104 cm³/mol. The van der Waals surface area contributed by atoms with Gasteiger partial charge >= 0.3 is 17.9 Å². The molecular weight excluding hydrogens is 348 g/mol. The first-order valence-corrected chi connectivity index (χ1v) is 8.96. The fraction of sp³-hybridized carbons (Fsp3) is 0.667. The molecule has 0 aromatic heterocycles. The van der Waals surface area contributed by atoms with E-state index in [0.29, 0.717) is 6.42 Å². The molecule has 0 saturated carbocycles. The number of esters is 3. The Balaban J connectivity index is 5.24. The van der Waals surface area contributed by atoms with Crippen molar-refractivity contribution in [2.45, 2.75) is 61.0 Å². The molecule has 0 aromatic rings. The van der Waals surface area contributed by atoms with Crippen molar-refractivity contribution in [2.75, 3.05) is 13.2 Å². The zero-order chi connectivity index (χ0) is 21.5. The fourth-order valence-corrected chi connectivity index (χ4v) is 2.59. The van der Waals surface area contributed by atoms with Crippen molar-refractivity contribution in [1.29, 1.82) is 0 Å². The van der Waals surface area contributed by atoms with E-state index in [-0.39, 0.29) is 30.0 Å². The smallest absolute Gasteiger partial charge is 0.330 e. The quantitative estimate of drug-likeness (QED) is 0.342. The maximum absolute atomic E-state index is 12.9. The van der Waals surface area contributed by atoms with E-state index < -0.39 is 23.5 Å². The van der Waals surface area contributed by atoms with Crippen LogP contribution in [0.25, 0.3) is 0 Å². The number of hydrogen-bond acceptors (Lipinski definition) is 6. The minimum Gasteiger partial charge on any atom is -0.461 e. The molecule has 0 aromatic carbocycles. The predicted octanol–water partition coefficient (Wildman–Crippen LogP) is 3.85. The maximum Gasteiger partial charge on any atom is 0.330 e. The van der Waals surface area contributed by atoms with Gasteiger partial charge in [0.05, 0.1) is 5.41 Å². The monoisotopic (exact) mass is 382 g/mol. The Kier molecular flexibility index (Phi) is 8.96. The number of carbonyl (C=O) groups is 3. The SMILES string of the molecule is C=CC(=O)OCC(COC(=O)C(C)(CC(C)(C)C)C(C)(C)C)OC(=O)C=C. The molecule has 6 nitrogen and oxygen atoms in total. The summed E-state index contributed by atoms with van der Waals surface area (Å²) in [7, 11) is 0. The van der Waals surface area contributed by atoms with Gasteiger partial charge < -0.3 is 14.2 Å². The summed E-state index contributed by atoms with van der Waals surface area (Å²) in [5.74, 6) is -1.74. The van der Waals surface area contributed by atoms with Gasteiger partial charge in [0.25, 0.3) is 0 Å². The summed E-state index contributed by atoms with van der Waals surface area (Å²) < 4.78 is 15.5. The number of ether oxygens (including phenoxy) is 3. The van der Waals surface area contributed by atoms with E-state index in [4.69, 9.17) is 14.2 Å². The van der Waals surface area contributed by atoms with Gasteiger partial charge in [-0.3, -0.25) is 4.79 Å². The third-order valence-corrected chi connectivity index (χ3v) is 4.42. The van der Waals surface area contributed by atoms with Crippen LogP contribution < -0.4 is 0 Å². The summed E-state index contributed by atoms with van der Waals surface area (Å²) in [5, 5.41) is 0. The molecule has 0 heterocycles. The van der Waals surface area contributed by atoms with Gasteiger partial charge in [-0.15, -0.1) is 0 Å². The second kappa shape index (κ2) is 9.72. The molecule has 0 bridgehead atoms. The topological polar surface area (TPSA) is 78.9 Å². The first-order valence-electron chi connectivity index (χ1n) is 8.96. The standard InChI is InChI=1S/C21H34O6/c1-10-16(22)25-12-15(27-17(23)11-2)13-26-18(24)21(9,20(6,7)8)14-19(3,4)5/h10-11,15H,1-2,12-14H2,3-9H3. The van der Waals surface area contributed by atoms with E-state index in [1.54, 1.807) is 0 Å². The lowest BCUT2D eigenvalue weighted by Crippen LogP contribution is -2.45. The lowest BCUT2D eigenvalue weighted by molar-refractivity contribution is -0.174. The van der Waals surface area contributed by atoms with Crippen LogP contribution in [0.4, 0.5) is 0 Å². The molecule has 0 spiro atoms. The normalized spacial score (nSPS) is 15.1. The molecule has 0 aliphatic rings. The molecule has 0 radical (unpaired) electrons. The van der Waals surface area contributed by atoms with Gasteiger partial charge in [0.2, 0.25) is 0 Å². The number of hydrogen-bond donors (Lipinski definition) is 0. The van der Waals surface area contributed by atoms with Crippen LogP contribution in [0, 0.1) is 16.2 Å². The maximum atomic E-state index is 12.9. The molecule has 154 valence electrons. The number of rotatable bonds is 9. The lowest BCUT2D eigenvalue weighted by Gasteiger charge is -2.43. The van der Waals surface area contributed by atoms with E-state index >= 15 is 0 Å². The number of carbonyl (C=O) groups excluding carboxylic acids is 3. The average Bonchev–Trinajstić information content (AvgIpc) is 2.53. The molecule has 2 atom stereocenters. The molecule has 0 amide bonds. The summed E-state index contributed by atoms with van der Waals surface area (Å²) in [5.41, 5.74) is -1.19. The van der Waals surface area contributed by atoms with Crippen LogP contribution in [0.15, 0.2) is 25.3 Å². The van der Waals surface area contributed by atoms with Crippen molar-refractivity contribution in [3.63, 3.8) is 0 Å². The van der Waals surface area contributed by atoms with E-state index in [9.17, 15) is 14.4 Å². The van der Waals surface area contributed by atoms with Crippen LogP contribution in [-0.4, -0.2) is 37.2 Å². The van der Waals surface area contributed by atoms with Gasteiger partial charge in [0, 0.05) is 12.2 Å². The van der Waals surface area contributed by atoms with Gasteiger partial charge in [0.15, 0.2) is 6.10 Å². The molecule has 0 fully saturated rings. The van der Waals surface area contributed by atoms with Gasteiger partial charge in [-0.25, -0.2) is 9.59 Å². The molecule has 0 aliphatic heterocycles. The Morgan fingerprint density at radius 3 is 1.74 bits per heavy atom. The van der Waals surface area contributed by atoms with Gasteiger partial charge in [-0.2, -0.15) is 0 Å². The Morgan fingerprint density at radius 2 is 1.33 bits per heavy atom. The first kappa shape index (κ1) is 24.9. The second-order valence-corrected chi connectivity index (χ2v) is 9.02. The van der Waals surface area contributed by atoms with Crippen LogP contribution in [0.1, 0.15) is 54.9 Å². The Hall–Kier alpha value is -2.11. The lowest BCUT2D eigenvalue weighted by atomic mass is 9.61. The minimum absolute atomic E-state index is 0.0880. The Bertz CT molecular complexity index is 564. The van der Waals surface area contributed by atoms with Crippen LogP contribution in [0.3, 0.4) is 0 Å². The van der Waals surface area contributed by atoms with Crippen LogP contribution in [0.5, 0.6) is 0 Å². The summed E-state index contributed by atoms with van der Waals surface area (Å²) in [6, 6.07) is 0. The van der Waals surface area contributed by atoms with Crippen molar-refractivity contribution in [3.05, 3.63) is 25.3 Å². The molecule has 2 unspecified atom stereocenters. The van der Waals surface area contributed by atoms with Crippen LogP contribution in [-0.2, 0) is 28.6 Å². The van der Waals surface area contributed by atoms with Crippen molar-refractivity contribution in [1.82, 2.24) is 0 Å².